The van der Waals surface area contributed by atoms with Gasteiger partial charge in [0, 0.05) is 16.8 Å². The van der Waals surface area contributed by atoms with Gasteiger partial charge in [0.2, 0.25) is 0 Å². The summed E-state index contributed by atoms with van der Waals surface area (Å²) in [5.74, 6) is 0. The molecule has 60 heavy (non-hydrogen) atoms. The summed E-state index contributed by atoms with van der Waals surface area (Å²) in [6.45, 7) is 0. The van der Waals surface area contributed by atoms with Gasteiger partial charge in [0.25, 0.3) is 0 Å². The Kier molecular flexibility index (Phi) is 8.87. The van der Waals surface area contributed by atoms with Gasteiger partial charge in [-0.15, -0.1) is 0 Å². The molecule has 0 aliphatic carbocycles. The van der Waals surface area contributed by atoms with Crippen LogP contribution in [0.3, 0.4) is 0 Å². The predicted octanol–water partition coefficient (Wildman–Crippen LogP) is 16.5. The highest BCUT2D eigenvalue weighted by Crippen LogP contribution is 2.44. The zero-order valence-corrected chi connectivity index (χ0v) is 32.9. The molecule has 0 aliphatic heterocycles. The molecule has 0 spiro atoms. The second-order valence-corrected chi connectivity index (χ2v) is 15.3. The molecule has 0 amide bonds. The molecule has 0 fully saturated rings. The number of para-hydroxylation sites is 1. The number of anilines is 3. The van der Waals surface area contributed by atoms with Crippen molar-refractivity contribution in [3.8, 4) is 55.6 Å². The van der Waals surface area contributed by atoms with Crippen LogP contribution in [0.2, 0.25) is 0 Å². The number of hydrogen-bond acceptors (Lipinski definition) is 2. The second-order valence-electron chi connectivity index (χ2n) is 15.3. The molecule has 11 rings (SSSR count). The van der Waals surface area contributed by atoms with E-state index in [-0.39, 0.29) is 0 Å². The molecular formula is C58H39NO. The molecule has 11 aromatic rings. The Morgan fingerprint density at radius 1 is 0.267 bits per heavy atom. The van der Waals surface area contributed by atoms with Gasteiger partial charge in [0.15, 0.2) is 0 Å². The van der Waals surface area contributed by atoms with Crippen LogP contribution >= 0.6 is 0 Å². The average Bonchev–Trinajstić information content (AvgIpc) is 3.72. The van der Waals surface area contributed by atoms with Gasteiger partial charge in [0.05, 0.1) is 11.1 Å². The fourth-order valence-corrected chi connectivity index (χ4v) is 8.56. The lowest BCUT2D eigenvalue weighted by molar-refractivity contribution is 0.669. The molecule has 0 saturated carbocycles. The molecule has 0 bridgehead atoms. The number of hydrogen-bond donors (Lipinski definition) is 0. The SMILES string of the molecule is c1ccc(-c2ccc(-c3ccc(N(c4ccc(-c5ccc(-c6cccc(-c7ccc8ccccc8c7)c6)cc5)cc4)c4cccc5oc6ccccc6c45)cc3)cc2)cc1. The molecule has 0 saturated heterocycles. The molecule has 0 unspecified atom stereocenters. The van der Waals surface area contributed by atoms with Crippen molar-refractivity contribution >= 4 is 49.8 Å². The summed E-state index contributed by atoms with van der Waals surface area (Å²) in [4.78, 5) is 2.35. The van der Waals surface area contributed by atoms with Gasteiger partial charge in [-0.3, -0.25) is 0 Å². The highest BCUT2D eigenvalue weighted by atomic mass is 16.3. The van der Waals surface area contributed by atoms with Crippen LogP contribution in [-0.2, 0) is 0 Å². The van der Waals surface area contributed by atoms with Gasteiger partial charge in [0.1, 0.15) is 11.2 Å². The summed E-state index contributed by atoms with van der Waals surface area (Å²) in [5.41, 5.74) is 16.9. The third-order valence-corrected chi connectivity index (χ3v) is 11.7. The molecule has 0 radical (unpaired) electrons. The fraction of sp³-hybridized carbons (Fsp3) is 0. The van der Waals surface area contributed by atoms with E-state index in [0.717, 1.165) is 44.6 Å². The summed E-state index contributed by atoms with van der Waals surface area (Å²) in [7, 11) is 0. The maximum atomic E-state index is 6.37. The van der Waals surface area contributed by atoms with E-state index in [0.29, 0.717) is 0 Å². The second kappa shape index (κ2) is 15.1. The largest absolute Gasteiger partial charge is 0.456 e. The molecule has 2 heteroatoms. The zero-order chi connectivity index (χ0) is 39.8. The number of rotatable bonds is 8. The predicted molar refractivity (Wildman–Crippen MR) is 253 cm³/mol. The van der Waals surface area contributed by atoms with Gasteiger partial charge in [-0.2, -0.15) is 0 Å². The maximum Gasteiger partial charge on any atom is 0.137 e. The van der Waals surface area contributed by atoms with E-state index < -0.39 is 0 Å². The van der Waals surface area contributed by atoms with Crippen LogP contribution in [0.25, 0.3) is 88.3 Å². The number of fused-ring (bicyclic) bond motifs is 4. The van der Waals surface area contributed by atoms with E-state index in [1.165, 1.54) is 60.8 Å². The van der Waals surface area contributed by atoms with Crippen molar-refractivity contribution < 1.29 is 4.42 Å². The summed E-state index contributed by atoms with van der Waals surface area (Å²) >= 11 is 0. The Balaban J connectivity index is 0.915. The molecule has 2 nitrogen and oxygen atoms in total. The Morgan fingerprint density at radius 3 is 1.32 bits per heavy atom. The number of furan rings is 1. The molecule has 0 N–H and O–H groups in total. The van der Waals surface area contributed by atoms with Crippen LogP contribution in [0.15, 0.2) is 241 Å². The molecule has 0 atom stereocenters. The van der Waals surface area contributed by atoms with Crippen LogP contribution in [0.1, 0.15) is 0 Å². The van der Waals surface area contributed by atoms with Crippen LogP contribution in [0.5, 0.6) is 0 Å². The first-order valence-corrected chi connectivity index (χ1v) is 20.5. The van der Waals surface area contributed by atoms with Crippen LogP contribution in [0, 0.1) is 0 Å². The van der Waals surface area contributed by atoms with E-state index >= 15 is 0 Å². The van der Waals surface area contributed by atoms with E-state index in [1.807, 2.05) is 12.1 Å². The molecule has 0 aliphatic rings. The Labute approximate surface area is 349 Å². The highest BCUT2D eigenvalue weighted by Gasteiger charge is 2.19. The van der Waals surface area contributed by atoms with E-state index in [2.05, 4.69) is 229 Å². The van der Waals surface area contributed by atoms with Gasteiger partial charge in [-0.1, -0.05) is 182 Å². The zero-order valence-electron chi connectivity index (χ0n) is 32.9. The van der Waals surface area contributed by atoms with Crippen molar-refractivity contribution in [2.75, 3.05) is 4.90 Å². The lowest BCUT2D eigenvalue weighted by Crippen LogP contribution is -2.10. The maximum absolute atomic E-state index is 6.37. The van der Waals surface area contributed by atoms with E-state index in [4.69, 9.17) is 4.42 Å². The number of benzene rings is 10. The highest BCUT2D eigenvalue weighted by molar-refractivity contribution is 6.13. The third-order valence-electron chi connectivity index (χ3n) is 11.7. The van der Waals surface area contributed by atoms with Crippen LogP contribution < -0.4 is 4.90 Å². The first-order valence-electron chi connectivity index (χ1n) is 20.5. The first-order chi connectivity index (χ1) is 29.7. The molecule has 282 valence electrons. The monoisotopic (exact) mass is 765 g/mol. The molecular weight excluding hydrogens is 727 g/mol. The Bertz CT molecular complexity index is 3270. The van der Waals surface area contributed by atoms with Crippen molar-refractivity contribution in [3.63, 3.8) is 0 Å². The summed E-state index contributed by atoms with van der Waals surface area (Å²) < 4.78 is 6.37. The quantitative estimate of drug-likeness (QED) is 0.153. The van der Waals surface area contributed by atoms with Crippen molar-refractivity contribution in [1.82, 2.24) is 0 Å². The van der Waals surface area contributed by atoms with Crippen molar-refractivity contribution in [1.29, 1.82) is 0 Å². The molecule has 1 aromatic heterocycles. The minimum atomic E-state index is 0.869. The summed E-state index contributed by atoms with van der Waals surface area (Å²) in [6.07, 6.45) is 0. The van der Waals surface area contributed by atoms with Crippen molar-refractivity contribution in [2.45, 2.75) is 0 Å². The van der Waals surface area contributed by atoms with Gasteiger partial charge < -0.3 is 9.32 Å². The molecule has 10 aromatic carbocycles. The number of nitrogens with zero attached hydrogens (tertiary/aromatic N) is 1. The van der Waals surface area contributed by atoms with Gasteiger partial charge >= 0.3 is 0 Å². The average molecular weight is 766 g/mol. The van der Waals surface area contributed by atoms with Gasteiger partial charge in [-0.05, 0) is 121 Å². The topological polar surface area (TPSA) is 16.4 Å². The Hall–Kier alpha value is -7.94. The minimum Gasteiger partial charge on any atom is -0.456 e. The fourth-order valence-electron chi connectivity index (χ4n) is 8.56. The van der Waals surface area contributed by atoms with Crippen LogP contribution in [0.4, 0.5) is 17.1 Å². The van der Waals surface area contributed by atoms with Crippen molar-refractivity contribution in [2.24, 2.45) is 0 Å². The minimum absolute atomic E-state index is 0.869. The first kappa shape index (κ1) is 35.2. The third kappa shape index (κ3) is 6.61. The molecule has 1 heterocycles. The summed E-state index contributed by atoms with van der Waals surface area (Å²) in [6, 6.07) is 84.8. The lowest BCUT2D eigenvalue weighted by atomic mass is 9.96. The van der Waals surface area contributed by atoms with Gasteiger partial charge in [-0.25, -0.2) is 0 Å². The normalized spacial score (nSPS) is 11.3. The standard InChI is InChI=1S/C58H39NO/c1-2-10-40(11-3-1)42-20-22-43(23-21-42)45-30-34-52(35-31-45)59(55-17-9-19-57-58(55)54-16-6-7-18-56(54)60-57)53-36-32-46(33-37-53)44-24-26-47(27-25-44)49-14-8-15-50(38-49)51-29-28-41-12-4-5-13-48(41)39-51/h1-39H. The summed E-state index contributed by atoms with van der Waals surface area (Å²) in [5, 5.41) is 4.71. The van der Waals surface area contributed by atoms with E-state index in [9.17, 15) is 0 Å². The lowest BCUT2D eigenvalue weighted by Gasteiger charge is -2.26. The smallest absolute Gasteiger partial charge is 0.137 e. The van der Waals surface area contributed by atoms with Crippen LogP contribution in [-0.4, -0.2) is 0 Å². The van der Waals surface area contributed by atoms with Crippen molar-refractivity contribution in [3.05, 3.63) is 237 Å². The Morgan fingerprint density at radius 2 is 0.683 bits per heavy atom. The van der Waals surface area contributed by atoms with E-state index in [1.54, 1.807) is 0 Å².